The van der Waals surface area contributed by atoms with Gasteiger partial charge in [0.25, 0.3) is 5.91 Å². The smallest absolute Gasteiger partial charge is 0.274 e. The number of anilines is 1. The summed E-state index contributed by atoms with van der Waals surface area (Å²) in [5, 5.41) is 12.9. The second-order valence-electron chi connectivity index (χ2n) is 9.32. The summed E-state index contributed by atoms with van der Waals surface area (Å²) in [4.78, 5) is 21.1. The molecule has 1 aromatic carbocycles. The third kappa shape index (κ3) is 5.82. The fraction of sp³-hybridized carbons (Fsp3) is 0.370. The molecule has 1 aliphatic rings. The molecular formula is C27H29F3N4O3. The summed E-state index contributed by atoms with van der Waals surface area (Å²) in [6, 6.07) is 5.55. The third-order valence-electron chi connectivity index (χ3n) is 6.67. The number of nitrogens with two attached hydrogens (primary N) is 1. The number of nitrogens with one attached hydrogen (secondary N) is 1. The summed E-state index contributed by atoms with van der Waals surface area (Å²) >= 11 is 0. The van der Waals surface area contributed by atoms with Gasteiger partial charge in [0.05, 0.1) is 30.2 Å². The van der Waals surface area contributed by atoms with Crippen LogP contribution in [0, 0.1) is 23.4 Å². The van der Waals surface area contributed by atoms with Crippen LogP contribution in [0.1, 0.15) is 54.2 Å². The number of ether oxygens (including phenoxy) is 1. The fourth-order valence-corrected chi connectivity index (χ4v) is 4.78. The van der Waals surface area contributed by atoms with Crippen LogP contribution >= 0.6 is 0 Å². The zero-order chi connectivity index (χ0) is 26.7. The second kappa shape index (κ2) is 11.4. The normalized spacial score (nSPS) is 21.6. The Kier molecular flexibility index (Phi) is 8.21. The van der Waals surface area contributed by atoms with E-state index in [4.69, 9.17) is 10.5 Å². The number of carbonyl (C=O) groups is 1. The van der Waals surface area contributed by atoms with Crippen LogP contribution in [0.25, 0.3) is 11.3 Å². The molecule has 4 rings (SSSR count). The number of amides is 1. The Balaban J connectivity index is 1.61. The van der Waals surface area contributed by atoms with E-state index in [9.17, 15) is 23.1 Å². The average molecular weight is 515 g/mol. The molecule has 1 aliphatic carbocycles. The Morgan fingerprint density at radius 1 is 1.16 bits per heavy atom. The zero-order valence-electron chi connectivity index (χ0n) is 20.5. The molecule has 0 spiro atoms. The van der Waals surface area contributed by atoms with Crippen LogP contribution < -0.4 is 11.1 Å². The van der Waals surface area contributed by atoms with Gasteiger partial charge < -0.3 is 20.9 Å². The number of hydrogen-bond acceptors (Lipinski definition) is 6. The highest BCUT2D eigenvalue weighted by atomic mass is 19.1. The van der Waals surface area contributed by atoms with Crippen LogP contribution in [-0.2, 0) is 11.3 Å². The molecule has 37 heavy (non-hydrogen) atoms. The van der Waals surface area contributed by atoms with Crippen LogP contribution in [0.15, 0.2) is 42.7 Å². The average Bonchev–Trinajstić information content (AvgIpc) is 2.86. The van der Waals surface area contributed by atoms with Crippen molar-refractivity contribution in [1.29, 1.82) is 0 Å². The number of aliphatic hydroxyl groups is 1. The number of benzene rings is 1. The van der Waals surface area contributed by atoms with Gasteiger partial charge >= 0.3 is 0 Å². The van der Waals surface area contributed by atoms with E-state index in [2.05, 4.69) is 15.3 Å². The van der Waals surface area contributed by atoms with Gasteiger partial charge in [-0.25, -0.2) is 18.2 Å². The lowest BCUT2D eigenvalue weighted by Gasteiger charge is -2.36. The molecule has 1 amide bonds. The lowest BCUT2D eigenvalue weighted by atomic mass is 9.74. The summed E-state index contributed by atoms with van der Waals surface area (Å²) in [6.45, 7) is 4.04. The van der Waals surface area contributed by atoms with Gasteiger partial charge in [-0.3, -0.25) is 9.78 Å². The largest absolute Gasteiger partial charge is 0.391 e. The maximum Gasteiger partial charge on any atom is 0.274 e. The predicted octanol–water partition coefficient (Wildman–Crippen LogP) is 4.55. The van der Waals surface area contributed by atoms with E-state index in [1.54, 1.807) is 19.2 Å². The van der Waals surface area contributed by atoms with Gasteiger partial charge in [0.1, 0.15) is 28.8 Å². The Hall–Kier alpha value is -3.34. The van der Waals surface area contributed by atoms with Crippen LogP contribution in [-0.4, -0.2) is 39.7 Å². The zero-order valence-corrected chi connectivity index (χ0v) is 20.5. The van der Waals surface area contributed by atoms with Crippen molar-refractivity contribution in [1.82, 2.24) is 9.97 Å². The van der Waals surface area contributed by atoms with Gasteiger partial charge in [-0.05, 0) is 73.1 Å². The summed E-state index contributed by atoms with van der Waals surface area (Å²) in [7, 11) is 0. The number of aromatic nitrogens is 2. The molecule has 2 heterocycles. The molecule has 0 saturated heterocycles. The van der Waals surface area contributed by atoms with E-state index in [0.29, 0.717) is 25.1 Å². The van der Waals surface area contributed by atoms with E-state index >= 15 is 0 Å². The van der Waals surface area contributed by atoms with E-state index in [-0.39, 0.29) is 29.7 Å². The summed E-state index contributed by atoms with van der Waals surface area (Å²) in [6.07, 6.45) is 3.66. The number of rotatable bonds is 7. The molecule has 0 radical (unpaired) electrons. The molecule has 4 atom stereocenters. The number of nitrogens with zero attached hydrogens (tertiary/aromatic N) is 2. The van der Waals surface area contributed by atoms with Crippen molar-refractivity contribution in [2.24, 2.45) is 11.7 Å². The van der Waals surface area contributed by atoms with Gasteiger partial charge in [-0.2, -0.15) is 0 Å². The van der Waals surface area contributed by atoms with Crippen molar-refractivity contribution in [3.8, 4) is 11.3 Å². The van der Waals surface area contributed by atoms with Crippen molar-refractivity contribution < 1.29 is 27.8 Å². The number of halogens is 3. The molecule has 1 fully saturated rings. The first kappa shape index (κ1) is 26.7. The molecule has 4 N–H and O–H groups in total. The highest BCUT2D eigenvalue weighted by molar-refractivity contribution is 6.03. The van der Waals surface area contributed by atoms with Crippen LogP contribution in [0.5, 0.6) is 0 Å². The Morgan fingerprint density at radius 2 is 1.89 bits per heavy atom. The molecule has 7 nitrogen and oxygen atoms in total. The molecule has 0 bridgehead atoms. The predicted molar refractivity (Wildman–Crippen MR) is 132 cm³/mol. The first-order valence-corrected chi connectivity index (χ1v) is 12.1. The number of hydrogen-bond donors (Lipinski definition) is 3. The van der Waals surface area contributed by atoms with Gasteiger partial charge in [-0.1, -0.05) is 6.92 Å². The lowest BCUT2D eigenvalue weighted by molar-refractivity contribution is 0.0521. The second-order valence-corrected chi connectivity index (χ2v) is 9.32. The minimum absolute atomic E-state index is 0.0000560. The highest BCUT2D eigenvalue weighted by Crippen LogP contribution is 2.38. The molecule has 3 aromatic rings. The van der Waals surface area contributed by atoms with Crippen molar-refractivity contribution in [2.75, 3.05) is 11.9 Å². The maximum absolute atomic E-state index is 14.8. The molecule has 10 heteroatoms. The number of carbonyl (C=O) groups excluding carboxylic acids is 1. The standard InChI is InChI=1S/C27H29F3N4O3/c1-3-37-13-15-9-19(29)24(20(30)10-15)25-18(28)4-5-22(33-25)27(36)34-23-12-32-7-6-17(23)16-8-14(2)26(35)21(31)11-16/h4-7,9-10,12,14,16,21,26,35H,3,8,11,13,31H2,1-2H3,(H,34,36). The van der Waals surface area contributed by atoms with Crippen molar-refractivity contribution in [3.05, 3.63) is 77.0 Å². The highest BCUT2D eigenvalue weighted by Gasteiger charge is 2.34. The van der Waals surface area contributed by atoms with Crippen LogP contribution in [0.3, 0.4) is 0 Å². The fourth-order valence-electron chi connectivity index (χ4n) is 4.78. The Labute approximate surface area is 212 Å². The quantitative estimate of drug-likeness (QED) is 0.427. The van der Waals surface area contributed by atoms with Crippen molar-refractivity contribution >= 4 is 11.6 Å². The molecule has 196 valence electrons. The van der Waals surface area contributed by atoms with E-state index < -0.39 is 46.8 Å². The monoisotopic (exact) mass is 514 g/mol. The molecule has 1 saturated carbocycles. The topological polar surface area (TPSA) is 110 Å². The first-order valence-electron chi connectivity index (χ1n) is 12.1. The molecule has 2 aromatic heterocycles. The number of pyridine rings is 2. The minimum atomic E-state index is -1.02. The summed E-state index contributed by atoms with van der Waals surface area (Å²) < 4.78 is 49.4. The molecular weight excluding hydrogens is 485 g/mol. The molecule has 0 aliphatic heterocycles. The molecule has 4 unspecified atom stereocenters. The lowest BCUT2D eigenvalue weighted by Crippen LogP contribution is -2.44. The van der Waals surface area contributed by atoms with E-state index in [0.717, 1.165) is 29.8 Å². The summed E-state index contributed by atoms with van der Waals surface area (Å²) in [5.41, 5.74) is 6.07. The van der Waals surface area contributed by atoms with Gasteiger partial charge in [-0.15, -0.1) is 0 Å². The van der Waals surface area contributed by atoms with Gasteiger partial charge in [0.15, 0.2) is 0 Å². The SMILES string of the molecule is CCOCc1cc(F)c(-c2nc(C(=O)Nc3cnccc3C3CC(C)C(O)C(N)C3)ccc2F)c(F)c1. The van der Waals surface area contributed by atoms with Crippen molar-refractivity contribution in [3.63, 3.8) is 0 Å². The Bertz CT molecular complexity index is 1250. The number of aliphatic hydroxyl groups excluding tert-OH is 1. The Morgan fingerprint density at radius 3 is 2.57 bits per heavy atom. The van der Waals surface area contributed by atoms with E-state index in [1.165, 1.54) is 6.20 Å². The van der Waals surface area contributed by atoms with Gasteiger partial charge in [0.2, 0.25) is 0 Å². The van der Waals surface area contributed by atoms with Crippen molar-refractivity contribution in [2.45, 2.75) is 51.4 Å². The van der Waals surface area contributed by atoms with E-state index in [1.807, 2.05) is 6.92 Å². The summed E-state index contributed by atoms with van der Waals surface area (Å²) in [5.74, 6) is -3.76. The maximum atomic E-state index is 14.8. The van der Waals surface area contributed by atoms with Gasteiger partial charge in [0, 0.05) is 18.8 Å². The minimum Gasteiger partial charge on any atom is -0.391 e. The first-order chi connectivity index (χ1) is 17.7. The van der Waals surface area contributed by atoms with Crippen LogP contribution in [0.4, 0.5) is 18.9 Å². The third-order valence-corrected chi connectivity index (χ3v) is 6.67. The van der Waals surface area contributed by atoms with Crippen LogP contribution in [0.2, 0.25) is 0 Å².